The summed E-state index contributed by atoms with van der Waals surface area (Å²) in [7, 11) is 0. The molecular weight excluding hydrogens is 208 g/mol. The summed E-state index contributed by atoms with van der Waals surface area (Å²) in [5, 5.41) is 17.0. The van der Waals surface area contributed by atoms with Gasteiger partial charge in [-0.1, -0.05) is 18.5 Å². The molecule has 5 heteroatoms. The SMILES string of the molecule is CC(CO)SCc1ccc(Cl)nn1. The Hall–Kier alpha value is -0.320. The van der Waals surface area contributed by atoms with E-state index in [1.807, 2.05) is 13.0 Å². The largest absolute Gasteiger partial charge is 0.395 e. The fourth-order valence-electron chi connectivity index (χ4n) is 0.701. The lowest BCUT2D eigenvalue weighted by atomic mass is 10.4. The normalized spacial score (nSPS) is 12.8. The molecule has 0 aliphatic carbocycles. The van der Waals surface area contributed by atoms with Crippen LogP contribution in [0.5, 0.6) is 0 Å². The molecule has 1 atom stereocenters. The minimum atomic E-state index is 0.186. The maximum absolute atomic E-state index is 8.78. The van der Waals surface area contributed by atoms with Crippen LogP contribution in [0.2, 0.25) is 5.15 Å². The van der Waals surface area contributed by atoms with E-state index in [0.29, 0.717) is 5.15 Å². The molecule has 1 heterocycles. The molecule has 0 saturated heterocycles. The van der Waals surface area contributed by atoms with E-state index < -0.39 is 0 Å². The second-order valence-electron chi connectivity index (χ2n) is 2.65. The summed E-state index contributed by atoms with van der Waals surface area (Å²) in [6.07, 6.45) is 0. The van der Waals surface area contributed by atoms with E-state index in [1.165, 1.54) is 0 Å². The van der Waals surface area contributed by atoms with Gasteiger partial charge in [0.25, 0.3) is 0 Å². The molecule has 0 fully saturated rings. The fourth-order valence-corrected chi connectivity index (χ4v) is 1.52. The van der Waals surface area contributed by atoms with Gasteiger partial charge in [0.05, 0.1) is 12.3 Å². The van der Waals surface area contributed by atoms with Crippen LogP contribution in [0.25, 0.3) is 0 Å². The van der Waals surface area contributed by atoms with Gasteiger partial charge >= 0.3 is 0 Å². The fraction of sp³-hybridized carbons (Fsp3) is 0.500. The average molecular weight is 219 g/mol. The lowest BCUT2D eigenvalue weighted by Crippen LogP contribution is -2.03. The van der Waals surface area contributed by atoms with Gasteiger partial charge < -0.3 is 5.11 Å². The average Bonchev–Trinajstić information content (AvgIpc) is 2.16. The standard InChI is InChI=1S/C8H11ClN2OS/c1-6(4-12)13-5-7-2-3-8(9)11-10-7/h2-3,6,12H,4-5H2,1H3. The van der Waals surface area contributed by atoms with E-state index in [-0.39, 0.29) is 11.9 Å². The number of aliphatic hydroxyl groups excluding tert-OH is 1. The third-order valence-corrected chi connectivity index (χ3v) is 2.84. The molecule has 72 valence electrons. The Morgan fingerprint density at radius 2 is 2.31 bits per heavy atom. The van der Waals surface area contributed by atoms with Gasteiger partial charge in [-0.15, -0.1) is 16.9 Å². The monoisotopic (exact) mass is 218 g/mol. The molecule has 0 radical (unpaired) electrons. The number of hydrogen-bond acceptors (Lipinski definition) is 4. The molecule has 0 aromatic carbocycles. The maximum atomic E-state index is 8.78. The number of halogens is 1. The molecule has 13 heavy (non-hydrogen) atoms. The third kappa shape index (κ3) is 3.93. The van der Waals surface area contributed by atoms with Crippen molar-refractivity contribution in [2.45, 2.75) is 17.9 Å². The molecule has 0 aliphatic rings. The van der Waals surface area contributed by atoms with Crippen molar-refractivity contribution in [3.63, 3.8) is 0 Å². The van der Waals surface area contributed by atoms with Gasteiger partial charge in [-0.3, -0.25) is 0 Å². The summed E-state index contributed by atoms with van der Waals surface area (Å²) in [5.41, 5.74) is 0.884. The summed E-state index contributed by atoms with van der Waals surface area (Å²) in [6, 6.07) is 3.56. The van der Waals surface area contributed by atoms with Crippen LogP contribution < -0.4 is 0 Å². The van der Waals surface area contributed by atoms with E-state index in [4.69, 9.17) is 16.7 Å². The Labute approximate surface area is 86.5 Å². The summed E-state index contributed by atoms with van der Waals surface area (Å²) < 4.78 is 0. The van der Waals surface area contributed by atoms with Crippen LogP contribution >= 0.6 is 23.4 Å². The zero-order chi connectivity index (χ0) is 9.68. The second kappa shape index (κ2) is 5.42. The molecule has 0 amide bonds. The Kier molecular flexibility index (Phi) is 4.48. The van der Waals surface area contributed by atoms with Crippen molar-refractivity contribution in [2.75, 3.05) is 6.61 Å². The summed E-state index contributed by atoms with van der Waals surface area (Å²) in [4.78, 5) is 0. The minimum absolute atomic E-state index is 0.186. The second-order valence-corrected chi connectivity index (χ2v) is 4.47. The molecular formula is C8H11ClN2OS. The van der Waals surface area contributed by atoms with E-state index >= 15 is 0 Å². The zero-order valence-corrected chi connectivity index (χ0v) is 8.85. The third-order valence-electron chi connectivity index (χ3n) is 1.46. The highest BCUT2D eigenvalue weighted by Crippen LogP contribution is 2.15. The van der Waals surface area contributed by atoms with Crippen molar-refractivity contribution in [1.82, 2.24) is 10.2 Å². The Morgan fingerprint density at radius 3 is 2.85 bits per heavy atom. The highest BCUT2D eigenvalue weighted by atomic mass is 35.5. The smallest absolute Gasteiger partial charge is 0.151 e. The van der Waals surface area contributed by atoms with E-state index in [1.54, 1.807) is 17.8 Å². The highest BCUT2D eigenvalue weighted by Gasteiger charge is 2.02. The molecule has 1 aromatic heterocycles. The number of nitrogens with zero attached hydrogens (tertiary/aromatic N) is 2. The molecule has 0 saturated carbocycles. The first-order chi connectivity index (χ1) is 6.22. The van der Waals surface area contributed by atoms with Gasteiger partial charge in [0.2, 0.25) is 0 Å². The van der Waals surface area contributed by atoms with Gasteiger partial charge in [-0.25, -0.2) is 0 Å². The zero-order valence-electron chi connectivity index (χ0n) is 7.27. The van der Waals surface area contributed by atoms with Crippen molar-refractivity contribution < 1.29 is 5.11 Å². The number of aliphatic hydroxyl groups is 1. The quantitative estimate of drug-likeness (QED) is 0.837. The molecule has 1 unspecified atom stereocenters. The summed E-state index contributed by atoms with van der Waals surface area (Å²) in [5.74, 6) is 0.756. The number of thioether (sulfide) groups is 1. The van der Waals surface area contributed by atoms with Crippen LogP contribution in [-0.2, 0) is 5.75 Å². The molecule has 1 N–H and O–H groups in total. The first kappa shape index (κ1) is 10.8. The van der Waals surface area contributed by atoms with Crippen LogP contribution in [0.15, 0.2) is 12.1 Å². The highest BCUT2D eigenvalue weighted by molar-refractivity contribution is 7.99. The molecule has 0 aliphatic heterocycles. The molecule has 0 spiro atoms. The van der Waals surface area contributed by atoms with Crippen LogP contribution in [0.3, 0.4) is 0 Å². The van der Waals surface area contributed by atoms with E-state index in [0.717, 1.165) is 11.4 Å². The number of rotatable bonds is 4. The lowest BCUT2D eigenvalue weighted by Gasteiger charge is -2.05. The first-order valence-electron chi connectivity index (χ1n) is 3.93. The Balaban J connectivity index is 2.41. The molecule has 1 aromatic rings. The Bertz CT molecular complexity index is 255. The van der Waals surface area contributed by atoms with Crippen molar-refractivity contribution in [2.24, 2.45) is 0 Å². The number of hydrogen-bond donors (Lipinski definition) is 1. The maximum Gasteiger partial charge on any atom is 0.151 e. The van der Waals surface area contributed by atoms with Crippen molar-refractivity contribution in [1.29, 1.82) is 0 Å². The van der Waals surface area contributed by atoms with Gasteiger partial charge in [0, 0.05) is 11.0 Å². The van der Waals surface area contributed by atoms with Crippen LogP contribution in [0.1, 0.15) is 12.6 Å². The first-order valence-corrected chi connectivity index (χ1v) is 5.35. The molecule has 1 rings (SSSR count). The van der Waals surface area contributed by atoms with Crippen molar-refractivity contribution in [3.05, 3.63) is 23.0 Å². The van der Waals surface area contributed by atoms with Crippen LogP contribution in [0.4, 0.5) is 0 Å². The van der Waals surface area contributed by atoms with Gasteiger partial charge in [-0.2, -0.15) is 5.10 Å². The minimum Gasteiger partial charge on any atom is -0.395 e. The van der Waals surface area contributed by atoms with Crippen LogP contribution in [0, 0.1) is 0 Å². The predicted molar refractivity (Wildman–Crippen MR) is 54.9 cm³/mol. The summed E-state index contributed by atoms with van der Waals surface area (Å²) >= 11 is 7.22. The van der Waals surface area contributed by atoms with Gasteiger partial charge in [-0.05, 0) is 12.1 Å². The van der Waals surface area contributed by atoms with E-state index in [9.17, 15) is 0 Å². The summed E-state index contributed by atoms with van der Waals surface area (Å²) in [6.45, 7) is 2.15. The predicted octanol–water partition coefficient (Wildman–Crippen LogP) is 1.74. The molecule has 0 bridgehead atoms. The Morgan fingerprint density at radius 1 is 1.54 bits per heavy atom. The van der Waals surface area contributed by atoms with Gasteiger partial charge in [0.15, 0.2) is 5.15 Å². The van der Waals surface area contributed by atoms with Crippen molar-refractivity contribution in [3.8, 4) is 0 Å². The topological polar surface area (TPSA) is 46.0 Å². The number of aromatic nitrogens is 2. The van der Waals surface area contributed by atoms with E-state index in [2.05, 4.69) is 10.2 Å². The van der Waals surface area contributed by atoms with Crippen LogP contribution in [-0.4, -0.2) is 27.2 Å². The van der Waals surface area contributed by atoms with Crippen molar-refractivity contribution >= 4 is 23.4 Å². The molecule has 3 nitrogen and oxygen atoms in total. The van der Waals surface area contributed by atoms with Gasteiger partial charge in [0.1, 0.15) is 0 Å². The lowest BCUT2D eigenvalue weighted by molar-refractivity contribution is 0.300.